The molecule has 5 fully saturated rings. The molecular weight excluding hydrogens is 450 g/mol. The van der Waals surface area contributed by atoms with Gasteiger partial charge in [0.2, 0.25) is 18.0 Å². The van der Waals surface area contributed by atoms with E-state index in [0.717, 1.165) is 31.2 Å². The highest BCUT2D eigenvalue weighted by atomic mass is 17.3. The number of hydrogen-bond donors (Lipinski definition) is 1. The maximum Gasteiger partial charge on any atom is 0.308 e. The molecule has 1 aromatic carbocycles. The average Bonchev–Trinajstić information content (AvgIpc) is 3.07. The summed E-state index contributed by atoms with van der Waals surface area (Å²) in [5.74, 6) is -0.812. The van der Waals surface area contributed by atoms with E-state index in [9.17, 15) is 9.59 Å². The summed E-state index contributed by atoms with van der Waals surface area (Å²) in [5.41, 5.74) is 0.322. The van der Waals surface area contributed by atoms with E-state index in [1.54, 1.807) is 0 Å². The van der Waals surface area contributed by atoms with Crippen molar-refractivity contribution in [3.63, 3.8) is 0 Å². The van der Waals surface area contributed by atoms with Crippen molar-refractivity contribution in [3.8, 4) is 0 Å². The molecule has 1 N–H and O–H groups in total. The minimum atomic E-state index is -0.875. The summed E-state index contributed by atoms with van der Waals surface area (Å²) in [5, 5.41) is 2.93. The lowest BCUT2D eigenvalue weighted by molar-refractivity contribution is -0.576. The molecule has 1 spiro atoms. The van der Waals surface area contributed by atoms with Gasteiger partial charge in [-0.3, -0.25) is 9.59 Å². The van der Waals surface area contributed by atoms with E-state index in [4.69, 9.17) is 24.0 Å². The summed E-state index contributed by atoms with van der Waals surface area (Å²) >= 11 is 0. The third-order valence-corrected chi connectivity index (χ3v) is 8.58. The Bertz CT molecular complexity index is 941. The summed E-state index contributed by atoms with van der Waals surface area (Å²) in [6.45, 7) is 8.09. The smallest absolute Gasteiger partial charge is 0.308 e. The molecule has 2 bridgehead atoms. The molecule has 0 aromatic heterocycles. The van der Waals surface area contributed by atoms with E-state index in [0.29, 0.717) is 5.92 Å². The van der Waals surface area contributed by atoms with Gasteiger partial charge in [0.15, 0.2) is 11.9 Å². The molecule has 8 heteroatoms. The zero-order valence-corrected chi connectivity index (χ0v) is 21.0. The summed E-state index contributed by atoms with van der Waals surface area (Å²) in [6.07, 6.45) is 2.30. The van der Waals surface area contributed by atoms with Crippen molar-refractivity contribution >= 4 is 11.9 Å². The third-order valence-electron chi connectivity index (χ3n) is 8.58. The minimum Gasteiger partial charge on any atom is -0.435 e. The van der Waals surface area contributed by atoms with Crippen LogP contribution in [-0.2, 0) is 33.6 Å². The van der Waals surface area contributed by atoms with E-state index in [1.807, 2.05) is 51.1 Å². The predicted octanol–water partition coefficient (Wildman–Crippen LogP) is 4.40. The maximum atomic E-state index is 12.7. The summed E-state index contributed by atoms with van der Waals surface area (Å²) < 4.78 is 18.4. The van der Waals surface area contributed by atoms with Gasteiger partial charge < -0.3 is 19.5 Å². The molecule has 1 aliphatic carbocycles. The number of nitrogens with one attached hydrogen (secondary N) is 1. The number of benzene rings is 1. The van der Waals surface area contributed by atoms with Gasteiger partial charge in [0, 0.05) is 24.7 Å². The summed E-state index contributed by atoms with van der Waals surface area (Å²) in [7, 11) is 0. The fourth-order valence-corrected chi connectivity index (χ4v) is 6.55. The van der Waals surface area contributed by atoms with Crippen LogP contribution in [0.5, 0.6) is 0 Å². The number of amides is 1. The highest BCUT2D eigenvalue weighted by Crippen LogP contribution is 2.60. The molecule has 8 nitrogen and oxygen atoms in total. The second-order valence-electron chi connectivity index (χ2n) is 11.0. The Balaban J connectivity index is 1.21. The van der Waals surface area contributed by atoms with Crippen LogP contribution in [-0.4, -0.2) is 35.8 Å². The van der Waals surface area contributed by atoms with Gasteiger partial charge in [0.05, 0.1) is 12.5 Å². The van der Waals surface area contributed by atoms with Crippen molar-refractivity contribution in [2.75, 3.05) is 0 Å². The van der Waals surface area contributed by atoms with Gasteiger partial charge >= 0.3 is 5.97 Å². The Hall–Kier alpha value is -2.00. The Morgan fingerprint density at radius 3 is 2.63 bits per heavy atom. The van der Waals surface area contributed by atoms with Gasteiger partial charge in [-0.25, -0.2) is 9.78 Å². The van der Waals surface area contributed by atoms with Crippen molar-refractivity contribution in [1.82, 2.24) is 5.32 Å². The first-order chi connectivity index (χ1) is 16.7. The van der Waals surface area contributed by atoms with Crippen molar-refractivity contribution in [3.05, 3.63) is 35.9 Å². The molecule has 192 valence electrons. The molecule has 1 saturated carbocycles. The minimum absolute atomic E-state index is 0.0156. The topological polar surface area (TPSA) is 92.3 Å². The molecule has 9 atom stereocenters. The number of hydrogen-bond acceptors (Lipinski definition) is 7. The first kappa shape index (κ1) is 24.7. The Morgan fingerprint density at radius 1 is 1.09 bits per heavy atom. The lowest BCUT2D eigenvalue weighted by Crippen LogP contribution is -2.70. The van der Waals surface area contributed by atoms with Gasteiger partial charge in [0.1, 0.15) is 0 Å². The van der Waals surface area contributed by atoms with E-state index in [1.165, 1.54) is 0 Å². The lowest BCUT2D eigenvalue weighted by Gasteiger charge is -2.59. The van der Waals surface area contributed by atoms with Crippen LogP contribution < -0.4 is 5.32 Å². The van der Waals surface area contributed by atoms with Crippen LogP contribution in [0.3, 0.4) is 0 Å². The van der Waals surface area contributed by atoms with Crippen molar-refractivity contribution in [1.29, 1.82) is 0 Å². The van der Waals surface area contributed by atoms with Gasteiger partial charge in [-0.15, -0.1) is 0 Å². The Labute approximate surface area is 206 Å². The Morgan fingerprint density at radius 2 is 1.86 bits per heavy atom. The number of rotatable bonds is 6. The number of ether oxygens (including phenoxy) is 3. The molecule has 4 heterocycles. The monoisotopic (exact) mass is 487 g/mol. The summed E-state index contributed by atoms with van der Waals surface area (Å²) in [6, 6.07) is 9.58. The first-order valence-corrected chi connectivity index (χ1v) is 13.0. The third kappa shape index (κ3) is 4.50. The normalized spacial score (nSPS) is 40.8. The van der Waals surface area contributed by atoms with Gasteiger partial charge in [-0.1, -0.05) is 44.2 Å². The predicted molar refractivity (Wildman–Crippen MR) is 125 cm³/mol. The number of carbonyl (C=O) groups is 2. The van der Waals surface area contributed by atoms with Crippen LogP contribution in [0.2, 0.25) is 0 Å². The first-order valence-electron chi connectivity index (χ1n) is 13.0. The molecule has 1 amide bonds. The van der Waals surface area contributed by atoms with Gasteiger partial charge in [0.25, 0.3) is 0 Å². The molecule has 0 radical (unpaired) electrons. The molecule has 5 aliphatic rings. The van der Waals surface area contributed by atoms with Crippen LogP contribution in [0, 0.1) is 23.7 Å². The molecule has 1 aromatic rings. The number of esters is 1. The second kappa shape index (κ2) is 9.47. The molecular formula is C27H37NO7. The van der Waals surface area contributed by atoms with E-state index >= 15 is 0 Å². The highest BCUT2D eigenvalue weighted by Gasteiger charge is 2.69. The molecule has 4 aliphatic heterocycles. The molecule has 4 saturated heterocycles. The van der Waals surface area contributed by atoms with E-state index < -0.39 is 29.9 Å². The van der Waals surface area contributed by atoms with E-state index in [2.05, 4.69) is 12.2 Å². The van der Waals surface area contributed by atoms with Crippen LogP contribution in [0.4, 0.5) is 0 Å². The summed E-state index contributed by atoms with van der Waals surface area (Å²) in [4.78, 5) is 37.1. The SMILES string of the molecule is C[C@H]1[C@@H](OC(=O)CCC(=O)N[C@@H](C)c2ccccc2)O[C@@H]2O[C@@]3(C)CC[C@H]4[C@H](C)CC[C@H]1[C@@]24OO3. The van der Waals surface area contributed by atoms with Crippen molar-refractivity contribution in [2.24, 2.45) is 23.7 Å². The van der Waals surface area contributed by atoms with Crippen LogP contribution in [0.1, 0.15) is 77.8 Å². The van der Waals surface area contributed by atoms with Crippen molar-refractivity contribution < 1.29 is 33.6 Å². The van der Waals surface area contributed by atoms with Gasteiger partial charge in [-0.05, 0) is 50.5 Å². The zero-order valence-electron chi connectivity index (χ0n) is 21.0. The standard InChI is InChI=1S/C27H37NO7/c1-16-10-11-21-17(2)24(32-25-27(21)20(16)14-15-26(4,33-25)34-35-27)31-23(30)13-12-22(29)28-18(3)19-8-6-5-7-9-19/h5-9,16-18,20-21,24-25H,10-15H2,1-4H3,(H,28,29)/t16-,17-,18+,20+,21-,24+,25-,26-,27-/m1/s1. The number of carbonyl (C=O) groups excluding carboxylic acids is 2. The lowest BCUT2D eigenvalue weighted by atomic mass is 9.58. The fourth-order valence-electron chi connectivity index (χ4n) is 6.55. The van der Waals surface area contributed by atoms with Gasteiger partial charge in [-0.2, -0.15) is 0 Å². The molecule has 0 unspecified atom stereocenters. The highest BCUT2D eigenvalue weighted by molar-refractivity contribution is 5.81. The largest absolute Gasteiger partial charge is 0.435 e. The zero-order chi connectivity index (χ0) is 24.8. The van der Waals surface area contributed by atoms with Crippen LogP contribution in [0.15, 0.2) is 30.3 Å². The molecule has 6 rings (SSSR count). The Kier molecular flexibility index (Phi) is 6.68. The second-order valence-corrected chi connectivity index (χ2v) is 11.0. The number of fused-ring (bicyclic) bond motifs is 2. The molecule has 35 heavy (non-hydrogen) atoms. The average molecular weight is 488 g/mol. The quantitative estimate of drug-likeness (QED) is 0.470. The van der Waals surface area contributed by atoms with Crippen LogP contribution in [0.25, 0.3) is 0 Å². The maximum absolute atomic E-state index is 12.7. The van der Waals surface area contributed by atoms with Crippen LogP contribution >= 0.6 is 0 Å². The van der Waals surface area contributed by atoms with Crippen molar-refractivity contribution in [2.45, 2.75) is 96.2 Å². The van der Waals surface area contributed by atoms with E-state index in [-0.39, 0.29) is 42.5 Å². The fraction of sp³-hybridized carbons (Fsp3) is 0.704.